The van der Waals surface area contributed by atoms with E-state index in [0.29, 0.717) is 29.1 Å². The second-order valence-corrected chi connectivity index (χ2v) is 4.99. The average molecular weight is 301 g/mol. The molecule has 2 aromatic heterocycles. The van der Waals surface area contributed by atoms with E-state index in [-0.39, 0.29) is 5.78 Å². The molecule has 0 radical (unpaired) electrons. The van der Waals surface area contributed by atoms with Crippen molar-refractivity contribution >= 4 is 17.8 Å². The molecule has 1 N–H and O–H groups in total. The van der Waals surface area contributed by atoms with Crippen molar-refractivity contribution in [3.63, 3.8) is 0 Å². The highest BCUT2D eigenvalue weighted by Crippen LogP contribution is 2.20. The molecule has 0 atom stereocenters. The maximum atomic E-state index is 12.3. The van der Waals surface area contributed by atoms with E-state index < -0.39 is 5.97 Å². The number of hydrogen-bond acceptors (Lipinski definition) is 4. The number of allylic oxidation sites excluding steroid dienone is 1. The topological polar surface area (TPSA) is 77.0 Å². The van der Waals surface area contributed by atoms with Crippen molar-refractivity contribution < 1.29 is 14.3 Å². The van der Waals surface area contributed by atoms with Gasteiger partial charge in [-0.15, -0.1) is 0 Å². The lowest BCUT2D eigenvalue weighted by Crippen LogP contribution is -2.07. The van der Waals surface area contributed by atoms with Crippen LogP contribution in [0.5, 0.6) is 0 Å². The van der Waals surface area contributed by atoms with Gasteiger partial charge in [0.2, 0.25) is 5.78 Å². The highest BCUT2D eigenvalue weighted by Gasteiger charge is 2.21. The summed E-state index contributed by atoms with van der Waals surface area (Å²) >= 11 is 0. The van der Waals surface area contributed by atoms with Gasteiger partial charge >= 0.3 is 5.97 Å². The molecule has 0 saturated carbocycles. The van der Waals surface area contributed by atoms with Crippen LogP contribution in [0.1, 0.15) is 44.6 Å². The van der Waals surface area contributed by atoms with Gasteiger partial charge in [-0.1, -0.05) is 0 Å². The van der Waals surface area contributed by atoms with Crippen LogP contribution in [-0.4, -0.2) is 33.1 Å². The normalized spacial score (nSPS) is 11.1. The van der Waals surface area contributed by atoms with E-state index in [1.807, 2.05) is 7.05 Å². The minimum absolute atomic E-state index is 0.194. The number of ether oxygens (including phenoxy) is 1. The summed E-state index contributed by atoms with van der Waals surface area (Å²) in [6.07, 6.45) is 6.63. The molecule has 0 saturated heterocycles. The molecular weight excluding hydrogens is 282 g/mol. The quantitative estimate of drug-likeness (QED) is 0.523. The summed E-state index contributed by atoms with van der Waals surface area (Å²) in [5.41, 5.74) is 2.91. The molecule has 2 heterocycles. The summed E-state index contributed by atoms with van der Waals surface area (Å²) in [5, 5.41) is 4.03. The summed E-state index contributed by atoms with van der Waals surface area (Å²) in [6, 6.07) is 0. The highest BCUT2D eigenvalue weighted by atomic mass is 16.5. The lowest BCUT2D eigenvalue weighted by Gasteiger charge is -2.01. The van der Waals surface area contributed by atoms with Gasteiger partial charge in [0, 0.05) is 24.5 Å². The van der Waals surface area contributed by atoms with Gasteiger partial charge in [-0.05, 0) is 38.5 Å². The molecule has 22 heavy (non-hydrogen) atoms. The van der Waals surface area contributed by atoms with Gasteiger partial charge in [0.15, 0.2) is 0 Å². The summed E-state index contributed by atoms with van der Waals surface area (Å²) in [5.74, 6) is -0.607. The average Bonchev–Trinajstić information content (AvgIpc) is 3.00. The number of rotatable bonds is 5. The Labute approximate surface area is 128 Å². The highest BCUT2D eigenvalue weighted by molar-refractivity contribution is 6.08. The molecule has 0 aliphatic heterocycles. The fraction of sp³-hybridized carbons (Fsp3) is 0.312. The zero-order valence-corrected chi connectivity index (χ0v) is 13.1. The van der Waals surface area contributed by atoms with Gasteiger partial charge in [0.1, 0.15) is 0 Å². The number of nitrogens with zero attached hydrogens (tertiary/aromatic N) is 2. The molecule has 2 aromatic rings. The molecule has 6 nitrogen and oxygen atoms in total. The zero-order valence-electron chi connectivity index (χ0n) is 13.1. The molecule has 0 aromatic carbocycles. The van der Waals surface area contributed by atoms with Gasteiger partial charge in [-0.2, -0.15) is 5.10 Å². The van der Waals surface area contributed by atoms with Crippen LogP contribution in [0.3, 0.4) is 0 Å². The number of carbonyl (C=O) groups is 2. The van der Waals surface area contributed by atoms with Crippen LogP contribution in [0.4, 0.5) is 0 Å². The second-order valence-electron chi connectivity index (χ2n) is 4.99. The lowest BCUT2D eigenvalue weighted by molar-refractivity contribution is 0.0525. The van der Waals surface area contributed by atoms with Crippen molar-refractivity contribution in [3.05, 3.63) is 46.5 Å². The predicted molar refractivity (Wildman–Crippen MR) is 82.8 cm³/mol. The molecule has 116 valence electrons. The molecule has 0 aliphatic rings. The maximum absolute atomic E-state index is 12.3. The van der Waals surface area contributed by atoms with Gasteiger partial charge in [-0.3, -0.25) is 9.48 Å². The largest absolute Gasteiger partial charge is 0.462 e. The first kappa shape index (κ1) is 15.8. The van der Waals surface area contributed by atoms with E-state index in [1.54, 1.807) is 43.9 Å². The van der Waals surface area contributed by atoms with Crippen LogP contribution in [0, 0.1) is 13.8 Å². The number of aromatic nitrogens is 3. The van der Waals surface area contributed by atoms with Crippen LogP contribution in [-0.2, 0) is 11.8 Å². The number of carbonyl (C=O) groups excluding carboxylic acids is 2. The summed E-state index contributed by atoms with van der Waals surface area (Å²) < 4.78 is 6.68. The van der Waals surface area contributed by atoms with E-state index in [4.69, 9.17) is 4.74 Å². The minimum Gasteiger partial charge on any atom is -0.462 e. The number of H-pyrrole nitrogens is 1. The first-order valence-corrected chi connectivity index (χ1v) is 7.01. The Morgan fingerprint density at radius 3 is 2.73 bits per heavy atom. The molecule has 2 rings (SSSR count). The Hall–Kier alpha value is -2.63. The van der Waals surface area contributed by atoms with Crippen molar-refractivity contribution in [1.29, 1.82) is 0 Å². The Morgan fingerprint density at radius 1 is 1.41 bits per heavy atom. The van der Waals surface area contributed by atoms with Gasteiger partial charge in [0.25, 0.3) is 0 Å². The predicted octanol–water partition coefficient (Wildman–Crippen LogP) is 2.44. The molecular formula is C16H19N3O3. The van der Waals surface area contributed by atoms with Crippen LogP contribution in [0.15, 0.2) is 18.5 Å². The van der Waals surface area contributed by atoms with Gasteiger partial charge < -0.3 is 9.72 Å². The number of hydrogen-bond donors (Lipinski definition) is 1. The third kappa shape index (κ3) is 3.16. The van der Waals surface area contributed by atoms with Crippen molar-refractivity contribution in [2.75, 3.05) is 6.61 Å². The second kappa shape index (κ2) is 6.43. The first-order chi connectivity index (χ1) is 10.4. The van der Waals surface area contributed by atoms with E-state index >= 15 is 0 Å². The van der Waals surface area contributed by atoms with E-state index in [2.05, 4.69) is 10.1 Å². The van der Waals surface area contributed by atoms with Gasteiger partial charge in [-0.25, -0.2) is 4.79 Å². The molecule has 0 spiro atoms. The zero-order chi connectivity index (χ0) is 16.3. The number of ketones is 1. The van der Waals surface area contributed by atoms with Crippen LogP contribution >= 0.6 is 0 Å². The number of nitrogens with one attached hydrogen (secondary N) is 1. The van der Waals surface area contributed by atoms with Crippen molar-refractivity contribution in [1.82, 2.24) is 14.8 Å². The Morgan fingerprint density at radius 2 is 2.14 bits per heavy atom. The summed E-state index contributed by atoms with van der Waals surface area (Å²) in [6.45, 7) is 5.53. The number of esters is 1. The standard InChI is InChI=1S/C16H19N3O3/c1-5-22-16(21)14-10(2)15(18-11(14)3)13(20)7-6-12-8-17-19(4)9-12/h6-9,18H,5H2,1-4H3. The maximum Gasteiger partial charge on any atom is 0.340 e. The monoisotopic (exact) mass is 301 g/mol. The fourth-order valence-electron chi connectivity index (χ4n) is 2.29. The minimum atomic E-state index is -0.413. The van der Waals surface area contributed by atoms with Crippen LogP contribution in [0.25, 0.3) is 6.08 Å². The summed E-state index contributed by atoms with van der Waals surface area (Å²) in [4.78, 5) is 27.2. The third-order valence-corrected chi connectivity index (χ3v) is 3.32. The van der Waals surface area contributed by atoms with Crippen molar-refractivity contribution in [2.24, 2.45) is 7.05 Å². The number of aryl methyl sites for hydroxylation is 2. The Balaban J connectivity index is 2.25. The van der Waals surface area contributed by atoms with Crippen LogP contribution in [0.2, 0.25) is 0 Å². The SMILES string of the molecule is CCOC(=O)c1c(C)[nH]c(C(=O)C=Cc2cnn(C)c2)c1C. The Kier molecular flexibility index (Phi) is 4.60. The first-order valence-electron chi connectivity index (χ1n) is 7.01. The molecule has 0 amide bonds. The fourth-order valence-corrected chi connectivity index (χ4v) is 2.29. The summed E-state index contributed by atoms with van der Waals surface area (Å²) in [7, 11) is 1.81. The lowest BCUT2D eigenvalue weighted by atomic mass is 10.1. The number of aromatic amines is 1. The van der Waals surface area contributed by atoms with E-state index in [1.165, 1.54) is 6.08 Å². The molecule has 0 bridgehead atoms. The van der Waals surface area contributed by atoms with Crippen molar-refractivity contribution in [3.8, 4) is 0 Å². The van der Waals surface area contributed by atoms with E-state index in [9.17, 15) is 9.59 Å². The van der Waals surface area contributed by atoms with E-state index in [0.717, 1.165) is 5.56 Å². The Bertz CT molecular complexity index is 738. The molecule has 0 fully saturated rings. The third-order valence-electron chi connectivity index (χ3n) is 3.32. The van der Waals surface area contributed by atoms with Crippen LogP contribution < -0.4 is 0 Å². The molecule has 0 unspecified atom stereocenters. The van der Waals surface area contributed by atoms with Crippen molar-refractivity contribution in [2.45, 2.75) is 20.8 Å². The smallest absolute Gasteiger partial charge is 0.340 e. The molecule has 6 heteroatoms. The van der Waals surface area contributed by atoms with Gasteiger partial charge in [0.05, 0.1) is 24.1 Å². The molecule has 0 aliphatic carbocycles.